The zero-order valence-corrected chi connectivity index (χ0v) is 16.7. The van der Waals surface area contributed by atoms with Crippen LogP contribution in [-0.4, -0.2) is 56.3 Å². The largest absolute Gasteiger partial charge is 0.312 e. The van der Waals surface area contributed by atoms with Gasteiger partial charge in [-0.1, -0.05) is 6.07 Å². The molecule has 144 valence electrons. The summed E-state index contributed by atoms with van der Waals surface area (Å²) in [5, 5.41) is 2.06. The van der Waals surface area contributed by atoms with Gasteiger partial charge < -0.3 is 4.90 Å². The van der Waals surface area contributed by atoms with Crippen LogP contribution in [0.15, 0.2) is 46.7 Å². The SMILES string of the molecule is O=C1CCCN1c1ccc(S(=O)(=O)N2CCN(Cc3cccs3)CC2)cc1. The lowest BCUT2D eigenvalue weighted by atomic mass is 10.3. The minimum atomic E-state index is -3.50. The molecule has 0 N–H and O–H groups in total. The minimum Gasteiger partial charge on any atom is -0.312 e. The zero-order valence-electron chi connectivity index (χ0n) is 15.1. The fraction of sp³-hybridized carbons (Fsp3) is 0.421. The second-order valence-corrected chi connectivity index (χ2v) is 9.87. The minimum absolute atomic E-state index is 0.104. The Kier molecular flexibility index (Phi) is 5.32. The highest BCUT2D eigenvalue weighted by Gasteiger charge is 2.29. The Balaban J connectivity index is 1.40. The quantitative estimate of drug-likeness (QED) is 0.766. The molecular formula is C19H23N3O3S2. The van der Waals surface area contributed by atoms with Gasteiger partial charge in [-0.25, -0.2) is 8.42 Å². The number of piperazine rings is 1. The summed E-state index contributed by atoms with van der Waals surface area (Å²) in [6, 6.07) is 10.9. The van der Waals surface area contributed by atoms with Crippen LogP contribution in [-0.2, 0) is 21.4 Å². The highest BCUT2D eigenvalue weighted by molar-refractivity contribution is 7.89. The molecule has 1 aromatic carbocycles. The lowest BCUT2D eigenvalue weighted by Gasteiger charge is -2.33. The Hall–Kier alpha value is -1.74. The third kappa shape index (κ3) is 3.94. The summed E-state index contributed by atoms with van der Waals surface area (Å²) < 4.78 is 27.4. The van der Waals surface area contributed by atoms with Crippen LogP contribution in [0.4, 0.5) is 5.69 Å². The lowest BCUT2D eigenvalue weighted by Crippen LogP contribution is -2.48. The summed E-state index contributed by atoms with van der Waals surface area (Å²) in [5.41, 5.74) is 0.775. The van der Waals surface area contributed by atoms with Gasteiger partial charge in [-0.15, -0.1) is 11.3 Å². The fourth-order valence-corrected chi connectivity index (χ4v) is 5.79. The number of hydrogen-bond acceptors (Lipinski definition) is 5. The van der Waals surface area contributed by atoms with Gasteiger partial charge in [-0.05, 0) is 42.1 Å². The molecule has 0 saturated carbocycles. The van der Waals surface area contributed by atoms with E-state index in [1.807, 2.05) is 6.07 Å². The third-order valence-corrected chi connectivity index (χ3v) is 7.92. The van der Waals surface area contributed by atoms with Crippen molar-refractivity contribution in [1.29, 1.82) is 0 Å². The van der Waals surface area contributed by atoms with Crippen LogP contribution in [0.5, 0.6) is 0 Å². The Morgan fingerprint density at radius 2 is 1.70 bits per heavy atom. The van der Waals surface area contributed by atoms with Crippen molar-refractivity contribution in [2.45, 2.75) is 24.3 Å². The van der Waals surface area contributed by atoms with Crippen molar-refractivity contribution in [1.82, 2.24) is 9.21 Å². The molecule has 0 bridgehead atoms. The maximum absolute atomic E-state index is 12.9. The van der Waals surface area contributed by atoms with E-state index in [9.17, 15) is 13.2 Å². The molecule has 0 atom stereocenters. The highest BCUT2D eigenvalue weighted by atomic mass is 32.2. The summed E-state index contributed by atoms with van der Waals surface area (Å²) >= 11 is 1.73. The number of benzene rings is 1. The number of thiophene rings is 1. The predicted octanol–water partition coefficient (Wildman–Crippen LogP) is 2.38. The van der Waals surface area contributed by atoms with Crippen molar-refractivity contribution in [3.63, 3.8) is 0 Å². The van der Waals surface area contributed by atoms with E-state index in [4.69, 9.17) is 0 Å². The van der Waals surface area contributed by atoms with Crippen molar-refractivity contribution in [2.24, 2.45) is 0 Å². The Labute approximate surface area is 164 Å². The predicted molar refractivity (Wildman–Crippen MR) is 106 cm³/mol. The summed E-state index contributed by atoms with van der Waals surface area (Å²) in [5.74, 6) is 0.104. The van der Waals surface area contributed by atoms with Crippen molar-refractivity contribution >= 4 is 33.0 Å². The summed E-state index contributed by atoms with van der Waals surface area (Å²) in [6.07, 6.45) is 1.42. The molecule has 0 aliphatic carbocycles. The van der Waals surface area contributed by atoms with E-state index in [1.165, 1.54) is 4.88 Å². The first kappa shape index (κ1) is 18.6. The monoisotopic (exact) mass is 405 g/mol. The molecule has 2 fully saturated rings. The van der Waals surface area contributed by atoms with Crippen LogP contribution in [0.3, 0.4) is 0 Å². The molecule has 3 heterocycles. The van der Waals surface area contributed by atoms with Gasteiger partial charge in [-0.2, -0.15) is 4.31 Å². The fourth-order valence-electron chi connectivity index (χ4n) is 3.62. The van der Waals surface area contributed by atoms with E-state index < -0.39 is 10.0 Å². The van der Waals surface area contributed by atoms with Crippen LogP contribution in [0.1, 0.15) is 17.7 Å². The van der Waals surface area contributed by atoms with Gasteiger partial charge in [0.1, 0.15) is 0 Å². The first-order chi connectivity index (χ1) is 13.0. The molecule has 27 heavy (non-hydrogen) atoms. The number of amides is 1. The van der Waals surface area contributed by atoms with Crippen molar-refractivity contribution in [2.75, 3.05) is 37.6 Å². The molecule has 2 saturated heterocycles. The van der Waals surface area contributed by atoms with E-state index in [0.29, 0.717) is 31.0 Å². The average Bonchev–Trinajstić information content (AvgIpc) is 3.34. The van der Waals surface area contributed by atoms with Crippen LogP contribution in [0.2, 0.25) is 0 Å². The summed E-state index contributed by atoms with van der Waals surface area (Å²) in [6.45, 7) is 4.05. The normalized spacial score (nSPS) is 19.7. The van der Waals surface area contributed by atoms with Crippen molar-refractivity contribution in [3.8, 4) is 0 Å². The van der Waals surface area contributed by atoms with Crippen LogP contribution in [0.25, 0.3) is 0 Å². The molecule has 0 radical (unpaired) electrons. The van der Waals surface area contributed by atoms with Gasteiger partial charge in [0.15, 0.2) is 0 Å². The number of hydrogen-bond donors (Lipinski definition) is 0. The lowest BCUT2D eigenvalue weighted by molar-refractivity contribution is -0.117. The number of carbonyl (C=O) groups is 1. The number of sulfonamides is 1. The van der Waals surface area contributed by atoms with E-state index in [-0.39, 0.29) is 5.91 Å². The number of nitrogens with zero attached hydrogens (tertiary/aromatic N) is 3. The highest BCUT2D eigenvalue weighted by Crippen LogP contribution is 2.25. The smallest absolute Gasteiger partial charge is 0.243 e. The standard InChI is InChI=1S/C19H23N3O3S2/c23-19-4-1-9-22(19)16-5-7-18(8-6-16)27(24,25)21-12-10-20(11-13-21)15-17-3-2-14-26-17/h2-3,5-8,14H,1,4,9-13,15H2. The topological polar surface area (TPSA) is 60.9 Å². The van der Waals surface area contributed by atoms with E-state index in [2.05, 4.69) is 16.3 Å². The molecular weight excluding hydrogens is 382 g/mol. The first-order valence-electron chi connectivity index (χ1n) is 9.19. The molecule has 2 aromatic rings. The van der Waals surface area contributed by atoms with Crippen LogP contribution >= 0.6 is 11.3 Å². The molecule has 0 unspecified atom stereocenters. The van der Waals surface area contributed by atoms with Gasteiger partial charge in [-0.3, -0.25) is 9.69 Å². The molecule has 1 aromatic heterocycles. The second-order valence-electron chi connectivity index (χ2n) is 6.90. The number of anilines is 1. The van der Waals surface area contributed by atoms with Crippen molar-refractivity contribution in [3.05, 3.63) is 46.7 Å². The first-order valence-corrected chi connectivity index (χ1v) is 11.5. The van der Waals surface area contributed by atoms with Crippen LogP contribution in [0, 0.1) is 0 Å². The molecule has 4 rings (SSSR count). The van der Waals surface area contributed by atoms with Gasteiger partial charge in [0, 0.05) is 56.3 Å². The molecule has 2 aliphatic rings. The maximum Gasteiger partial charge on any atom is 0.243 e. The molecule has 2 aliphatic heterocycles. The van der Waals surface area contributed by atoms with Crippen molar-refractivity contribution < 1.29 is 13.2 Å². The Morgan fingerprint density at radius 3 is 2.30 bits per heavy atom. The second kappa shape index (κ2) is 7.71. The Morgan fingerprint density at radius 1 is 0.963 bits per heavy atom. The molecule has 0 spiro atoms. The molecule has 1 amide bonds. The molecule has 6 nitrogen and oxygen atoms in total. The summed E-state index contributed by atoms with van der Waals surface area (Å²) in [4.78, 5) is 17.5. The molecule has 8 heteroatoms. The van der Waals surface area contributed by atoms with E-state index in [1.54, 1.807) is 44.8 Å². The van der Waals surface area contributed by atoms with E-state index >= 15 is 0 Å². The van der Waals surface area contributed by atoms with Gasteiger partial charge in [0.2, 0.25) is 15.9 Å². The third-order valence-electron chi connectivity index (χ3n) is 5.15. The van der Waals surface area contributed by atoms with Gasteiger partial charge >= 0.3 is 0 Å². The average molecular weight is 406 g/mol. The number of rotatable bonds is 5. The Bertz CT molecular complexity index is 887. The zero-order chi connectivity index (χ0) is 18.9. The number of carbonyl (C=O) groups excluding carboxylic acids is 1. The maximum atomic E-state index is 12.9. The van der Waals surface area contributed by atoms with Crippen LogP contribution < -0.4 is 4.90 Å². The van der Waals surface area contributed by atoms with E-state index in [0.717, 1.165) is 31.7 Å². The van der Waals surface area contributed by atoms with Gasteiger partial charge in [0.05, 0.1) is 4.90 Å². The van der Waals surface area contributed by atoms with Gasteiger partial charge in [0.25, 0.3) is 0 Å². The summed E-state index contributed by atoms with van der Waals surface area (Å²) in [7, 11) is -3.50.